The van der Waals surface area contributed by atoms with E-state index < -0.39 is 0 Å². The predicted molar refractivity (Wildman–Crippen MR) is 89.4 cm³/mol. The van der Waals surface area contributed by atoms with Crippen molar-refractivity contribution in [2.75, 3.05) is 50.7 Å². The topological polar surface area (TPSA) is 55.9 Å². The molecule has 2 heterocycles. The first-order chi connectivity index (χ1) is 11.6. The monoisotopic (exact) mass is 334 g/mol. The van der Waals surface area contributed by atoms with Crippen molar-refractivity contribution in [1.29, 1.82) is 0 Å². The Labute approximate surface area is 141 Å². The minimum Gasteiger partial charge on any atom is -0.366 e. The highest BCUT2D eigenvalue weighted by molar-refractivity contribution is 5.84. The average molecular weight is 334 g/mol. The molecule has 6 nitrogen and oxygen atoms in total. The molecule has 0 saturated carbocycles. The number of likely N-dealkylation sites (tertiary alicyclic amines) is 1. The van der Waals surface area contributed by atoms with Gasteiger partial charge in [-0.3, -0.25) is 4.79 Å². The molecule has 7 heteroatoms. The number of piperazine rings is 1. The molecule has 1 N–H and O–H groups in total. The normalized spacial score (nSPS) is 18.0. The van der Waals surface area contributed by atoms with Gasteiger partial charge in [0.2, 0.25) is 5.91 Å². The van der Waals surface area contributed by atoms with E-state index in [2.05, 4.69) is 5.32 Å². The first kappa shape index (κ1) is 16.5. The number of urea groups is 1. The number of halogens is 1. The second-order valence-electron chi connectivity index (χ2n) is 6.17. The van der Waals surface area contributed by atoms with Crippen molar-refractivity contribution in [1.82, 2.24) is 15.1 Å². The number of carbonyl (C=O) groups is 2. The molecule has 3 amide bonds. The molecule has 2 aliphatic heterocycles. The molecule has 2 fully saturated rings. The maximum Gasteiger partial charge on any atom is 0.317 e. The Morgan fingerprint density at radius 2 is 1.62 bits per heavy atom. The molecule has 130 valence electrons. The standard InChI is InChI=1S/C17H23FN4O2/c18-14-5-1-2-6-15(14)20-9-11-22(12-10-20)17(24)19-13-16(23)21-7-3-4-8-21/h1-2,5-6H,3-4,7-13H2,(H,19,24). The van der Waals surface area contributed by atoms with Crippen LogP contribution in [0.2, 0.25) is 0 Å². The third-order valence-corrected chi connectivity index (χ3v) is 4.61. The number of benzene rings is 1. The van der Waals surface area contributed by atoms with E-state index in [-0.39, 0.29) is 24.3 Å². The Bertz CT molecular complexity index is 596. The number of hydrogen-bond donors (Lipinski definition) is 1. The highest BCUT2D eigenvalue weighted by atomic mass is 19.1. The summed E-state index contributed by atoms with van der Waals surface area (Å²) < 4.78 is 13.8. The molecule has 0 aromatic heterocycles. The van der Waals surface area contributed by atoms with Crippen LogP contribution in [0.4, 0.5) is 14.9 Å². The summed E-state index contributed by atoms with van der Waals surface area (Å²) in [5.74, 6) is -0.266. The molecule has 2 aliphatic rings. The van der Waals surface area contributed by atoms with Crippen molar-refractivity contribution in [3.63, 3.8) is 0 Å². The van der Waals surface area contributed by atoms with Gasteiger partial charge in [-0.1, -0.05) is 12.1 Å². The van der Waals surface area contributed by atoms with Crippen molar-refractivity contribution < 1.29 is 14.0 Å². The van der Waals surface area contributed by atoms with Gasteiger partial charge in [0.15, 0.2) is 0 Å². The molecular formula is C17H23FN4O2. The largest absolute Gasteiger partial charge is 0.366 e. The lowest BCUT2D eigenvalue weighted by atomic mass is 10.2. The van der Waals surface area contributed by atoms with E-state index >= 15 is 0 Å². The van der Waals surface area contributed by atoms with Gasteiger partial charge < -0.3 is 20.0 Å². The van der Waals surface area contributed by atoms with E-state index in [1.807, 2.05) is 11.0 Å². The number of nitrogens with one attached hydrogen (secondary N) is 1. The highest BCUT2D eigenvalue weighted by Crippen LogP contribution is 2.20. The molecule has 0 bridgehead atoms. The van der Waals surface area contributed by atoms with Crippen molar-refractivity contribution in [2.24, 2.45) is 0 Å². The van der Waals surface area contributed by atoms with E-state index in [4.69, 9.17) is 0 Å². The Morgan fingerprint density at radius 3 is 2.29 bits per heavy atom. The van der Waals surface area contributed by atoms with Gasteiger partial charge in [0.05, 0.1) is 12.2 Å². The van der Waals surface area contributed by atoms with Crippen LogP contribution in [-0.4, -0.2) is 67.6 Å². The molecule has 0 spiro atoms. The summed E-state index contributed by atoms with van der Waals surface area (Å²) in [5.41, 5.74) is 0.571. The first-order valence-electron chi connectivity index (χ1n) is 8.45. The number of para-hydroxylation sites is 1. The smallest absolute Gasteiger partial charge is 0.317 e. The van der Waals surface area contributed by atoms with Gasteiger partial charge in [0, 0.05) is 39.3 Å². The molecule has 0 radical (unpaired) electrons. The average Bonchev–Trinajstić information content (AvgIpc) is 3.15. The zero-order chi connectivity index (χ0) is 16.9. The first-order valence-corrected chi connectivity index (χ1v) is 8.45. The van der Waals surface area contributed by atoms with Gasteiger partial charge in [0.1, 0.15) is 5.82 Å². The lowest BCUT2D eigenvalue weighted by molar-refractivity contribution is -0.129. The maximum atomic E-state index is 13.8. The number of nitrogens with zero attached hydrogens (tertiary/aromatic N) is 3. The van der Waals surface area contributed by atoms with E-state index in [0.29, 0.717) is 31.9 Å². The summed E-state index contributed by atoms with van der Waals surface area (Å²) in [4.78, 5) is 29.5. The van der Waals surface area contributed by atoms with Crippen molar-refractivity contribution in [2.45, 2.75) is 12.8 Å². The molecule has 1 aromatic rings. The van der Waals surface area contributed by atoms with E-state index in [1.165, 1.54) is 6.07 Å². The van der Waals surface area contributed by atoms with Crippen LogP contribution in [-0.2, 0) is 4.79 Å². The Hall–Kier alpha value is -2.31. The fourth-order valence-corrected chi connectivity index (χ4v) is 3.20. The van der Waals surface area contributed by atoms with Crippen LogP contribution in [0, 0.1) is 5.82 Å². The highest BCUT2D eigenvalue weighted by Gasteiger charge is 2.24. The van der Waals surface area contributed by atoms with Crippen molar-refractivity contribution in [3.05, 3.63) is 30.1 Å². The van der Waals surface area contributed by atoms with Crippen LogP contribution in [0.5, 0.6) is 0 Å². The molecule has 1 aromatic carbocycles. The fourth-order valence-electron chi connectivity index (χ4n) is 3.20. The number of amides is 3. The van der Waals surface area contributed by atoms with Crippen LogP contribution in [0.25, 0.3) is 0 Å². The Kier molecular flexibility index (Phi) is 5.17. The summed E-state index contributed by atoms with van der Waals surface area (Å²) in [7, 11) is 0. The number of rotatable bonds is 3. The van der Waals surface area contributed by atoms with Crippen molar-refractivity contribution in [3.8, 4) is 0 Å². The minimum absolute atomic E-state index is 0.0224. The molecule has 0 atom stereocenters. The molecule has 0 aliphatic carbocycles. The lowest BCUT2D eigenvalue weighted by Crippen LogP contribution is -2.53. The van der Waals surface area contributed by atoms with Gasteiger partial charge >= 0.3 is 6.03 Å². The van der Waals surface area contributed by atoms with Crippen LogP contribution < -0.4 is 10.2 Å². The summed E-state index contributed by atoms with van der Waals surface area (Å²) in [5, 5.41) is 2.70. The van der Waals surface area contributed by atoms with E-state index in [9.17, 15) is 14.0 Å². The second kappa shape index (κ2) is 7.51. The van der Waals surface area contributed by atoms with Crippen LogP contribution in [0.3, 0.4) is 0 Å². The lowest BCUT2D eigenvalue weighted by Gasteiger charge is -2.36. The van der Waals surface area contributed by atoms with Crippen LogP contribution in [0.15, 0.2) is 24.3 Å². The maximum absolute atomic E-state index is 13.8. The molecule has 0 unspecified atom stereocenters. The summed E-state index contributed by atoms with van der Waals surface area (Å²) in [6, 6.07) is 6.44. The predicted octanol–water partition coefficient (Wildman–Crippen LogP) is 1.28. The summed E-state index contributed by atoms with van der Waals surface area (Å²) in [6.07, 6.45) is 2.08. The SMILES string of the molecule is O=C(CNC(=O)N1CCN(c2ccccc2F)CC1)N1CCCC1. The summed E-state index contributed by atoms with van der Waals surface area (Å²) >= 11 is 0. The fraction of sp³-hybridized carbons (Fsp3) is 0.529. The van der Waals surface area contributed by atoms with E-state index in [0.717, 1.165) is 25.9 Å². The second-order valence-corrected chi connectivity index (χ2v) is 6.17. The third-order valence-electron chi connectivity index (χ3n) is 4.61. The molecule has 2 saturated heterocycles. The van der Waals surface area contributed by atoms with Crippen LogP contribution >= 0.6 is 0 Å². The molecule has 3 rings (SSSR count). The minimum atomic E-state index is -0.244. The quantitative estimate of drug-likeness (QED) is 0.906. The number of carbonyl (C=O) groups excluding carboxylic acids is 2. The van der Waals surface area contributed by atoms with Crippen LogP contribution in [0.1, 0.15) is 12.8 Å². The van der Waals surface area contributed by atoms with Gasteiger partial charge in [-0.2, -0.15) is 0 Å². The van der Waals surface area contributed by atoms with E-state index in [1.54, 1.807) is 21.9 Å². The third kappa shape index (κ3) is 3.77. The van der Waals surface area contributed by atoms with Crippen molar-refractivity contribution >= 4 is 17.6 Å². The molecular weight excluding hydrogens is 311 g/mol. The van der Waals surface area contributed by atoms with Gasteiger partial charge in [-0.25, -0.2) is 9.18 Å². The Balaban J connectivity index is 1.45. The summed E-state index contributed by atoms with van der Waals surface area (Å²) in [6.45, 7) is 3.80. The van der Waals surface area contributed by atoms with Gasteiger partial charge in [-0.15, -0.1) is 0 Å². The number of anilines is 1. The Morgan fingerprint density at radius 1 is 0.958 bits per heavy atom. The number of hydrogen-bond acceptors (Lipinski definition) is 3. The molecule has 24 heavy (non-hydrogen) atoms. The zero-order valence-electron chi connectivity index (χ0n) is 13.7. The van der Waals surface area contributed by atoms with Gasteiger partial charge in [0.25, 0.3) is 0 Å². The zero-order valence-corrected chi connectivity index (χ0v) is 13.7. The van der Waals surface area contributed by atoms with Gasteiger partial charge in [-0.05, 0) is 25.0 Å².